The molecule has 9 unspecified atom stereocenters. The predicted octanol–water partition coefficient (Wildman–Crippen LogP) is 15.9. The molecular weight excluding hydrogens is 1890 g/mol. The predicted molar refractivity (Wildman–Crippen MR) is 587 cm³/mol. The third-order valence-corrected chi connectivity index (χ3v) is 25.3. The first-order chi connectivity index (χ1) is 70.0. The number of nitrogens with one attached hydrogen (secondary N) is 5. The van der Waals surface area contributed by atoms with Crippen molar-refractivity contribution in [3.63, 3.8) is 0 Å². The Morgan fingerprint density at radius 2 is 0.604 bits per heavy atom. The van der Waals surface area contributed by atoms with Crippen LogP contribution in [0.1, 0.15) is 231 Å². The molecule has 0 aromatic heterocycles. The number of nitrogen functional groups attached to an aromatic ring is 1. The van der Waals surface area contributed by atoms with E-state index in [-0.39, 0.29) is 181 Å². The zero-order valence-electron chi connectivity index (χ0n) is 91.8. The molecule has 6 aliphatic rings. The number of rotatable bonds is 22. The van der Waals surface area contributed by atoms with Gasteiger partial charge in [-0.2, -0.15) is 0 Å². The van der Waals surface area contributed by atoms with Crippen LogP contribution in [0.4, 0.5) is 34.1 Å². The first kappa shape index (κ1) is 119. The van der Waals surface area contributed by atoms with Crippen LogP contribution < -0.4 is 97.2 Å². The van der Waals surface area contributed by atoms with Gasteiger partial charge in [-0.25, -0.2) is 0 Å². The fourth-order valence-electron chi connectivity index (χ4n) is 18.5. The number of carbonyl (C=O) groups is 10. The van der Waals surface area contributed by atoms with Crippen molar-refractivity contribution in [2.75, 3.05) is 59.2 Å². The molecule has 12 aromatic rings. The average molecular weight is 2030 g/mol. The minimum absolute atomic E-state index is 0. The summed E-state index contributed by atoms with van der Waals surface area (Å²) in [5.41, 5.74) is 41.3. The molecule has 0 saturated heterocycles. The molecule has 18 rings (SSSR count). The molecule has 9 atom stereocenters. The van der Waals surface area contributed by atoms with E-state index in [0.717, 1.165) is 120 Å². The fraction of sp³-hybridized carbons (Fsp3) is 0.311. The number of terminal acetylenes is 1. The van der Waals surface area contributed by atoms with Crippen molar-refractivity contribution in [3.05, 3.63) is 322 Å². The normalized spacial score (nSPS) is 14.7. The third kappa shape index (κ3) is 31.3. The number of anilines is 6. The number of benzene rings is 12. The van der Waals surface area contributed by atoms with Crippen molar-refractivity contribution in [3.8, 4) is 79.6 Å². The number of hydrogen-bond acceptors (Lipinski definition) is 19. The molecule has 767 valence electrons. The number of ether oxygens (including phenoxy) is 4. The van der Waals surface area contributed by atoms with Gasteiger partial charge in [0.25, 0.3) is 0 Å². The number of esters is 4. The van der Waals surface area contributed by atoms with Gasteiger partial charge in [-0.05, 0) is 288 Å². The summed E-state index contributed by atoms with van der Waals surface area (Å²) in [6.45, 7) is 28.8. The Morgan fingerprint density at radius 3 is 0.913 bits per heavy atom. The second-order valence-corrected chi connectivity index (χ2v) is 39.8. The molecule has 0 aliphatic heterocycles. The van der Waals surface area contributed by atoms with Crippen LogP contribution in [0, 0.1) is 36.5 Å². The number of methoxy groups -OCH3 is 1. The molecular formula is C122H137BN7Na2O17. The van der Waals surface area contributed by atoms with Crippen LogP contribution in [0.25, 0.3) is 66.8 Å². The number of aliphatic hydroxyl groups excluding tert-OH is 3. The molecule has 12 N–H and O–H groups in total. The molecule has 149 heavy (non-hydrogen) atoms. The van der Waals surface area contributed by atoms with Gasteiger partial charge in [0.15, 0.2) is 0 Å². The van der Waals surface area contributed by atoms with Gasteiger partial charge in [0, 0.05) is 84.0 Å². The van der Waals surface area contributed by atoms with Crippen molar-refractivity contribution < 1.29 is 146 Å². The van der Waals surface area contributed by atoms with Gasteiger partial charge in [0.1, 0.15) is 24.5 Å². The number of fused-ring (bicyclic) bond motifs is 18. The largest absolute Gasteiger partial charge is 1.00 e. The van der Waals surface area contributed by atoms with Crippen LogP contribution in [-0.2, 0) is 79.7 Å². The maximum atomic E-state index is 12.5. The number of carbonyl (C=O) groups excluding carboxylic acids is 10. The van der Waals surface area contributed by atoms with Crippen molar-refractivity contribution >= 4 is 102 Å². The number of nitrogens with two attached hydrogens (primary N) is 2. The van der Waals surface area contributed by atoms with Crippen molar-refractivity contribution in [2.24, 2.45) is 29.4 Å². The van der Waals surface area contributed by atoms with Crippen LogP contribution in [0.2, 0.25) is 0 Å². The van der Waals surface area contributed by atoms with Crippen LogP contribution >= 0.6 is 0 Å². The number of hydrogen-bond donors (Lipinski definition) is 10. The molecule has 0 saturated carbocycles. The van der Waals surface area contributed by atoms with E-state index in [2.05, 4.69) is 98.4 Å². The van der Waals surface area contributed by atoms with Crippen LogP contribution in [-0.4, -0.2) is 133 Å². The van der Waals surface area contributed by atoms with E-state index < -0.39 is 58.5 Å². The standard InChI is InChI=1S/C23H27NO4.C23H25NO4.C22H25NO3.C20H21NO4.C17H18N2O2.C13H11N.C2H6.C2H2.B.2Na.2H/c2*1-14(11-21(26)28-23(2,3)4)22(27)24-15-9-10-18-16-7-5-6-8-17(16)20(13-25)19(18)12-15;1-14(11-20(24)26-22(2,3)4)21(25)23-17-9-10-19-16(13-17)12-15-7-5-6-8-18(15)19;1-12(9-19(23)25-2)20(24)21-13-7-8-16-14-5-3-4-6-15(14)18(11-22)17(16)10-13;1-10(18)17(21)19-11-6-7-14-12-4-2-3-5-13(12)16(9-20)15(14)8-11;14-11-5-6-13-10(8-11)7-9-3-1-2-4-12(9)13;2*1-2;;;;;/h5-10,12,14,20,25H,11,13H2,1-4H3,(H,24,27);5-10,12-14,20H,11H2,1-4H3,(H,24,27);5-10,13-14H,11-12H2,1-4H3,(H,23,25);3-8,10,12,18,22H,9,11H2,1-2H3,(H,21,24);2-8,10,16,20H,9,18H2,1H3,(H,19,21);1-6,8H,7,14H2;1-2H3;1-2H;;;;;/q;;;;;;;;;2*+1;2*-1/i;;;;;;;1D;;;;;. The molecule has 0 bridgehead atoms. The molecule has 12 aromatic carbocycles. The van der Waals surface area contributed by atoms with Crippen LogP contribution in [0.5, 0.6) is 0 Å². The Kier molecular flexibility index (Phi) is 43.9. The summed E-state index contributed by atoms with van der Waals surface area (Å²) < 4.78 is 26.2. The van der Waals surface area contributed by atoms with Gasteiger partial charge in [0.05, 0.1) is 64.6 Å². The molecule has 0 fully saturated rings. The molecule has 3 radical (unpaired) electrons. The van der Waals surface area contributed by atoms with Gasteiger partial charge in [0.2, 0.25) is 29.5 Å². The summed E-state index contributed by atoms with van der Waals surface area (Å²) in [4.78, 5) is 120. The van der Waals surface area contributed by atoms with Crippen LogP contribution in [0.3, 0.4) is 0 Å². The molecule has 27 heteroatoms. The number of aliphatic hydroxyl groups is 3. The maximum Gasteiger partial charge on any atom is 1.00 e. The SMILES string of the molecule is CC.CC(CC(=O)OC(C)(C)C)C(=O)Nc1ccc2c(c1)C(C=O)c1ccccc1-2.CC(CC(=O)OC(C)(C)C)C(=O)Nc1ccc2c(c1)C(CO)c1ccccc1-2.CC(CC(=O)OC(C)(C)C)C(=O)Nc1ccc2c(c1)Cc1ccccc1-2.CC(N)C(=O)Nc1ccc2c(c1)C(CO)c1ccccc1-2.COC(=O)CC(C)C(=O)Nc1ccc2c(c1)C(CO)c1ccccc1-2.Nc1ccc2c(c1)Cc1ccccc1-2.[2H]C#C.[B].[H-].[H-].[Na+].[Na+]. The second kappa shape index (κ2) is 54.8. The monoisotopic (exact) mass is 2030 g/mol. The number of aldehydes is 1. The summed E-state index contributed by atoms with van der Waals surface area (Å²) >= 11 is 0. The molecule has 0 heterocycles. The first-order valence-corrected chi connectivity index (χ1v) is 49.3. The van der Waals surface area contributed by atoms with E-state index in [4.69, 9.17) is 27.0 Å². The Bertz CT molecular complexity index is 6890. The van der Waals surface area contributed by atoms with Crippen molar-refractivity contribution in [2.45, 2.75) is 196 Å². The third-order valence-electron chi connectivity index (χ3n) is 25.3. The van der Waals surface area contributed by atoms with Crippen LogP contribution in [0.15, 0.2) is 255 Å². The average Bonchev–Trinajstić information content (AvgIpc) is 1.61. The minimum Gasteiger partial charge on any atom is -1.00 e. The van der Waals surface area contributed by atoms with Gasteiger partial charge < -0.3 is 80.0 Å². The molecule has 5 amide bonds. The van der Waals surface area contributed by atoms with E-state index >= 15 is 0 Å². The topological polar surface area (TPSA) is 380 Å². The quantitative estimate of drug-likeness (QED) is 0.00752. The van der Waals surface area contributed by atoms with Crippen molar-refractivity contribution in [1.82, 2.24) is 0 Å². The second-order valence-electron chi connectivity index (χ2n) is 39.8. The Balaban J connectivity index is 0.000000276. The first-order valence-electron chi connectivity index (χ1n) is 49.8. The zero-order chi connectivity index (χ0) is 107. The summed E-state index contributed by atoms with van der Waals surface area (Å²) in [5.74, 6) is -5.19. The Morgan fingerprint density at radius 1 is 0.362 bits per heavy atom. The Labute approximate surface area is 926 Å². The summed E-state index contributed by atoms with van der Waals surface area (Å²) in [6.07, 6.45) is 8.74. The molecule has 24 nitrogen and oxygen atoms in total. The zero-order valence-corrected chi connectivity index (χ0v) is 92.8. The van der Waals surface area contributed by atoms with E-state index in [9.17, 15) is 63.3 Å². The fourth-order valence-corrected chi connectivity index (χ4v) is 18.5. The number of amides is 5. The maximum absolute atomic E-state index is 12.5. The van der Waals surface area contributed by atoms with E-state index in [1.807, 2.05) is 229 Å². The summed E-state index contributed by atoms with van der Waals surface area (Å²) in [6, 6.07) is 83.2. The summed E-state index contributed by atoms with van der Waals surface area (Å²) in [5, 5.41) is 43.7. The van der Waals surface area contributed by atoms with E-state index in [0.29, 0.717) is 22.7 Å². The smallest absolute Gasteiger partial charge is 1.00 e. The van der Waals surface area contributed by atoms with Gasteiger partial charge >= 0.3 is 83.0 Å². The Hall–Kier alpha value is -13.2. The molecule has 0 spiro atoms. The van der Waals surface area contributed by atoms with Gasteiger partial charge in [-0.3, -0.25) is 43.2 Å². The van der Waals surface area contributed by atoms with Gasteiger partial charge in [-0.1, -0.05) is 224 Å². The summed E-state index contributed by atoms with van der Waals surface area (Å²) in [7, 11) is 1.31. The van der Waals surface area contributed by atoms with Gasteiger partial charge in [-0.15, -0.1) is 12.8 Å². The molecule has 6 aliphatic carbocycles. The van der Waals surface area contributed by atoms with E-state index in [1.54, 1.807) is 76.2 Å². The minimum atomic E-state index is -0.577. The van der Waals surface area contributed by atoms with E-state index in [1.165, 1.54) is 58.0 Å². The van der Waals surface area contributed by atoms with Crippen molar-refractivity contribution in [1.29, 1.82) is 0 Å².